The van der Waals surface area contributed by atoms with Crippen molar-refractivity contribution >= 4 is 0 Å². The van der Waals surface area contributed by atoms with Crippen LogP contribution in [0.25, 0.3) is 0 Å². The highest BCUT2D eigenvalue weighted by Crippen LogP contribution is 2.64. The van der Waals surface area contributed by atoms with E-state index in [4.69, 9.17) is 0 Å². The van der Waals surface area contributed by atoms with Gasteiger partial charge in [0.05, 0.1) is 0 Å². The maximum Gasteiger partial charge on any atom is -0.00995 e. The molecular formula is C12H16. The molecule has 12 heavy (non-hydrogen) atoms. The highest BCUT2D eigenvalue weighted by atomic mass is 14.6. The summed E-state index contributed by atoms with van der Waals surface area (Å²) in [7, 11) is 0. The standard InChI is InChI=1S/C12H16/c1-8-3-4-10-9-5-6-12(2,7-9)11(8)10/h3,9-11H,4-5,7H2,1-2H3. The van der Waals surface area contributed by atoms with Crippen LogP contribution in [-0.2, 0) is 0 Å². The van der Waals surface area contributed by atoms with Crippen LogP contribution in [0.2, 0.25) is 0 Å². The van der Waals surface area contributed by atoms with Crippen molar-refractivity contribution in [3.63, 3.8) is 0 Å². The van der Waals surface area contributed by atoms with Gasteiger partial charge in [0.25, 0.3) is 0 Å². The summed E-state index contributed by atoms with van der Waals surface area (Å²) in [6.07, 6.45) is 10.2. The second kappa shape index (κ2) is 1.97. The fraction of sp³-hybridized carbons (Fsp3) is 0.750. The summed E-state index contributed by atoms with van der Waals surface area (Å²) >= 11 is 0. The van der Waals surface area contributed by atoms with Crippen LogP contribution in [0.4, 0.5) is 0 Å². The minimum Gasteiger partial charge on any atom is -0.0850 e. The van der Waals surface area contributed by atoms with Crippen molar-refractivity contribution < 1.29 is 0 Å². The van der Waals surface area contributed by atoms with Crippen LogP contribution in [0.3, 0.4) is 0 Å². The topological polar surface area (TPSA) is 0 Å². The van der Waals surface area contributed by atoms with Gasteiger partial charge in [-0.15, -0.1) is 0 Å². The van der Waals surface area contributed by atoms with Gasteiger partial charge in [-0.25, -0.2) is 0 Å². The van der Waals surface area contributed by atoms with Crippen molar-refractivity contribution in [1.82, 2.24) is 0 Å². The van der Waals surface area contributed by atoms with Crippen molar-refractivity contribution in [3.05, 3.63) is 18.1 Å². The number of hydrogen-bond acceptors (Lipinski definition) is 0. The van der Waals surface area contributed by atoms with E-state index in [1.54, 1.807) is 5.57 Å². The van der Waals surface area contributed by atoms with Crippen molar-refractivity contribution in [2.75, 3.05) is 0 Å². The molecule has 0 aromatic carbocycles. The van der Waals surface area contributed by atoms with Crippen LogP contribution in [-0.4, -0.2) is 0 Å². The summed E-state index contributed by atoms with van der Waals surface area (Å²) in [5.74, 6) is 2.85. The number of hydrogen-bond donors (Lipinski definition) is 0. The van der Waals surface area contributed by atoms with Gasteiger partial charge in [0, 0.05) is 0 Å². The molecule has 0 amide bonds. The molecule has 0 heterocycles. The minimum absolute atomic E-state index is 0.465. The Morgan fingerprint density at radius 2 is 2.42 bits per heavy atom. The number of fused-ring (bicyclic) bond motifs is 5. The van der Waals surface area contributed by atoms with E-state index in [-0.39, 0.29) is 0 Å². The zero-order valence-corrected chi connectivity index (χ0v) is 7.93. The predicted molar refractivity (Wildman–Crippen MR) is 49.4 cm³/mol. The van der Waals surface area contributed by atoms with Gasteiger partial charge in [0.2, 0.25) is 0 Å². The van der Waals surface area contributed by atoms with E-state index in [0.717, 1.165) is 17.8 Å². The Morgan fingerprint density at radius 3 is 3.17 bits per heavy atom. The molecule has 2 fully saturated rings. The highest BCUT2D eigenvalue weighted by molar-refractivity contribution is 5.27. The lowest BCUT2D eigenvalue weighted by molar-refractivity contribution is 0.252. The summed E-state index contributed by atoms with van der Waals surface area (Å²) in [5, 5.41) is 0. The summed E-state index contributed by atoms with van der Waals surface area (Å²) in [5.41, 5.74) is 2.11. The van der Waals surface area contributed by atoms with E-state index < -0.39 is 0 Å². The Morgan fingerprint density at radius 1 is 1.58 bits per heavy atom. The van der Waals surface area contributed by atoms with E-state index in [9.17, 15) is 0 Å². The first kappa shape index (κ1) is 7.17. The minimum atomic E-state index is 0.465. The van der Waals surface area contributed by atoms with E-state index in [1.807, 2.05) is 0 Å². The molecule has 0 heteroatoms. The zero-order valence-electron chi connectivity index (χ0n) is 7.93. The zero-order chi connectivity index (χ0) is 8.34. The van der Waals surface area contributed by atoms with Crippen molar-refractivity contribution in [2.45, 2.75) is 33.1 Å². The van der Waals surface area contributed by atoms with Crippen LogP contribution < -0.4 is 0 Å². The maximum atomic E-state index is 3.69. The SMILES string of the molecule is CC1=CCC2C3C[C]C(C)(C3)C12. The lowest BCUT2D eigenvalue weighted by atomic mass is 9.71. The average Bonchev–Trinajstić information content (AvgIpc) is 2.61. The first-order chi connectivity index (χ1) is 5.71. The molecular weight excluding hydrogens is 144 g/mol. The summed E-state index contributed by atoms with van der Waals surface area (Å²) in [6, 6.07) is 0. The molecule has 2 saturated carbocycles. The number of rotatable bonds is 0. The van der Waals surface area contributed by atoms with Crippen molar-refractivity contribution in [3.8, 4) is 0 Å². The van der Waals surface area contributed by atoms with Gasteiger partial charge in [-0.1, -0.05) is 18.6 Å². The smallest absolute Gasteiger partial charge is 0.00995 e. The fourth-order valence-corrected chi connectivity index (χ4v) is 3.96. The summed E-state index contributed by atoms with van der Waals surface area (Å²) < 4.78 is 0. The lowest BCUT2D eigenvalue weighted by Gasteiger charge is -2.33. The third kappa shape index (κ3) is 0.654. The first-order valence-electron chi connectivity index (χ1n) is 5.12. The second-order valence-electron chi connectivity index (χ2n) is 5.09. The highest BCUT2D eigenvalue weighted by Gasteiger charge is 2.56. The normalized spacial score (nSPS) is 55.8. The molecule has 2 bridgehead atoms. The maximum absolute atomic E-state index is 3.69. The van der Waals surface area contributed by atoms with Gasteiger partial charge in [0.1, 0.15) is 0 Å². The van der Waals surface area contributed by atoms with Gasteiger partial charge in [0.15, 0.2) is 0 Å². The molecule has 3 rings (SSSR count). The van der Waals surface area contributed by atoms with E-state index in [2.05, 4.69) is 26.3 Å². The van der Waals surface area contributed by atoms with Gasteiger partial charge < -0.3 is 0 Å². The molecule has 4 unspecified atom stereocenters. The van der Waals surface area contributed by atoms with Crippen LogP contribution in [0.5, 0.6) is 0 Å². The molecule has 3 aliphatic rings. The van der Waals surface area contributed by atoms with Crippen LogP contribution in [0.15, 0.2) is 11.6 Å². The van der Waals surface area contributed by atoms with Gasteiger partial charge >= 0.3 is 0 Å². The third-order valence-corrected chi connectivity index (χ3v) is 4.38. The molecule has 0 aromatic heterocycles. The second-order valence-corrected chi connectivity index (χ2v) is 5.09. The lowest BCUT2D eigenvalue weighted by Crippen LogP contribution is -2.26. The van der Waals surface area contributed by atoms with Gasteiger partial charge in [-0.3, -0.25) is 0 Å². The molecule has 0 saturated heterocycles. The average molecular weight is 160 g/mol. The molecule has 64 valence electrons. The van der Waals surface area contributed by atoms with E-state index in [1.165, 1.54) is 19.3 Å². The molecule has 4 atom stereocenters. The predicted octanol–water partition coefficient (Wildman–Crippen LogP) is 3.08. The number of allylic oxidation sites excluding steroid dienone is 2. The van der Waals surface area contributed by atoms with Crippen molar-refractivity contribution in [2.24, 2.45) is 23.2 Å². The summed E-state index contributed by atoms with van der Waals surface area (Å²) in [4.78, 5) is 0. The van der Waals surface area contributed by atoms with Gasteiger partial charge in [-0.05, 0) is 55.8 Å². The largest absolute Gasteiger partial charge is 0.0850 e. The monoisotopic (exact) mass is 160 g/mol. The Hall–Kier alpha value is -0.260. The van der Waals surface area contributed by atoms with Crippen LogP contribution in [0.1, 0.15) is 33.1 Å². The van der Waals surface area contributed by atoms with Crippen molar-refractivity contribution in [1.29, 1.82) is 0 Å². The molecule has 0 aromatic rings. The Bertz CT molecular complexity index is 251. The molecule has 0 nitrogen and oxygen atoms in total. The molecule has 3 aliphatic carbocycles. The quantitative estimate of drug-likeness (QED) is 0.478. The molecule has 0 spiro atoms. The Balaban J connectivity index is 2.03. The molecule has 0 N–H and O–H groups in total. The van der Waals surface area contributed by atoms with Crippen LogP contribution in [0, 0.1) is 29.6 Å². The molecule has 0 aliphatic heterocycles. The third-order valence-electron chi connectivity index (χ3n) is 4.38. The summed E-state index contributed by atoms with van der Waals surface area (Å²) in [6.45, 7) is 4.73. The Kier molecular flexibility index (Phi) is 1.18. The Labute approximate surface area is 75.0 Å². The van der Waals surface area contributed by atoms with E-state index >= 15 is 0 Å². The molecule has 2 radical (unpaired) electrons. The van der Waals surface area contributed by atoms with E-state index in [0.29, 0.717) is 5.41 Å². The van der Waals surface area contributed by atoms with Crippen LogP contribution >= 0.6 is 0 Å². The fourth-order valence-electron chi connectivity index (χ4n) is 3.96. The van der Waals surface area contributed by atoms with Gasteiger partial charge in [-0.2, -0.15) is 0 Å². The first-order valence-corrected chi connectivity index (χ1v) is 5.12.